The van der Waals surface area contributed by atoms with E-state index < -0.39 is 15.7 Å². The topological polar surface area (TPSA) is 142 Å². The molecule has 3 N–H and O–H groups in total. The molecule has 12 heteroatoms. The quantitative estimate of drug-likeness (QED) is 0.227. The Bertz CT molecular complexity index is 2020. The number of fused-ring (bicyclic) bond motifs is 2. The Morgan fingerprint density at radius 1 is 0.951 bits per heavy atom. The van der Waals surface area contributed by atoms with E-state index in [1.807, 2.05) is 18.2 Å². The lowest BCUT2D eigenvalue weighted by atomic mass is 10.0. The van der Waals surface area contributed by atoms with E-state index in [-0.39, 0.29) is 18.2 Å². The third-order valence-corrected chi connectivity index (χ3v) is 7.46. The normalized spacial score (nSPS) is 12.0. The fourth-order valence-corrected chi connectivity index (χ4v) is 5.32. The smallest absolute Gasteiger partial charge is 0.161 e. The molecule has 41 heavy (non-hydrogen) atoms. The first-order chi connectivity index (χ1) is 19.6. The van der Waals surface area contributed by atoms with Gasteiger partial charge >= 0.3 is 0 Å². The maximum atomic E-state index is 14.6. The Hall–Kier alpha value is -4.71. The van der Waals surface area contributed by atoms with Crippen molar-refractivity contribution in [2.45, 2.75) is 26.3 Å². The average Bonchev–Trinajstić information content (AvgIpc) is 3.54. The lowest BCUT2D eigenvalue weighted by Crippen LogP contribution is -2.09. The molecule has 0 bridgehead atoms. The van der Waals surface area contributed by atoms with Gasteiger partial charge in [0.1, 0.15) is 26.7 Å². The minimum Gasteiger partial charge on any atom is -0.382 e. The number of imidazole rings is 1. The van der Waals surface area contributed by atoms with E-state index in [2.05, 4.69) is 44.3 Å². The van der Waals surface area contributed by atoms with Crippen LogP contribution in [-0.4, -0.2) is 61.6 Å². The van der Waals surface area contributed by atoms with Crippen LogP contribution in [0.25, 0.3) is 56.1 Å². The summed E-state index contributed by atoms with van der Waals surface area (Å²) in [7, 11) is -3.19. The molecule has 0 amide bonds. The Balaban J connectivity index is 1.40. The highest BCUT2D eigenvalue weighted by atomic mass is 32.2. The van der Waals surface area contributed by atoms with Gasteiger partial charge < -0.3 is 10.3 Å². The van der Waals surface area contributed by atoms with Crippen molar-refractivity contribution < 1.29 is 12.8 Å². The molecule has 5 heterocycles. The maximum Gasteiger partial charge on any atom is 0.161 e. The fraction of sp³-hybridized carbons (Fsp3) is 0.207. The Morgan fingerprint density at radius 3 is 2.59 bits per heavy atom. The number of aromatic amines is 2. The van der Waals surface area contributed by atoms with Gasteiger partial charge in [0.25, 0.3) is 0 Å². The van der Waals surface area contributed by atoms with E-state index >= 15 is 0 Å². The number of hydrogen-bond donors (Lipinski definition) is 3. The molecule has 0 atom stereocenters. The minimum absolute atomic E-state index is 0.0735. The third-order valence-electron chi connectivity index (χ3n) is 6.51. The number of sulfone groups is 1. The second-order valence-corrected chi connectivity index (χ2v) is 12.6. The molecule has 0 saturated carbocycles. The van der Waals surface area contributed by atoms with Gasteiger partial charge in [-0.05, 0) is 68.3 Å². The molecule has 0 radical (unpaired) electrons. The van der Waals surface area contributed by atoms with Gasteiger partial charge in [0.05, 0.1) is 33.9 Å². The lowest BCUT2D eigenvalue weighted by molar-refractivity contribution is 0.600. The minimum atomic E-state index is -3.19. The van der Waals surface area contributed by atoms with Gasteiger partial charge in [-0.15, -0.1) is 0 Å². The molecular weight excluding hydrogens is 543 g/mol. The van der Waals surface area contributed by atoms with Crippen LogP contribution >= 0.6 is 0 Å². The predicted molar refractivity (Wildman–Crippen MR) is 158 cm³/mol. The van der Waals surface area contributed by atoms with Gasteiger partial charge in [0, 0.05) is 42.0 Å². The van der Waals surface area contributed by atoms with Crippen LogP contribution < -0.4 is 5.32 Å². The number of H-pyrrole nitrogens is 2. The van der Waals surface area contributed by atoms with Crippen LogP contribution in [0.2, 0.25) is 0 Å². The highest BCUT2D eigenvalue weighted by molar-refractivity contribution is 7.90. The van der Waals surface area contributed by atoms with E-state index in [0.717, 1.165) is 28.7 Å². The zero-order valence-electron chi connectivity index (χ0n) is 22.6. The Morgan fingerprint density at radius 2 is 1.78 bits per heavy atom. The highest BCUT2D eigenvalue weighted by Crippen LogP contribution is 2.32. The summed E-state index contributed by atoms with van der Waals surface area (Å²) < 4.78 is 37.9. The van der Waals surface area contributed by atoms with Crippen LogP contribution in [0.15, 0.2) is 61.1 Å². The number of hydrogen-bond acceptors (Lipinski definition) is 8. The molecule has 10 nitrogen and oxygen atoms in total. The third kappa shape index (κ3) is 5.64. The first-order valence-electron chi connectivity index (χ1n) is 13.0. The van der Waals surface area contributed by atoms with Crippen LogP contribution in [0, 0.1) is 5.82 Å². The molecule has 0 spiro atoms. The number of rotatable bonds is 8. The van der Waals surface area contributed by atoms with Crippen LogP contribution in [-0.2, 0) is 16.3 Å². The van der Waals surface area contributed by atoms with Gasteiger partial charge in [-0.3, -0.25) is 15.1 Å². The van der Waals surface area contributed by atoms with Gasteiger partial charge in [-0.2, -0.15) is 5.10 Å². The van der Waals surface area contributed by atoms with Crippen molar-refractivity contribution in [3.63, 3.8) is 0 Å². The molecule has 0 unspecified atom stereocenters. The van der Waals surface area contributed by atoms with E-state index in [0.29, 0.717) is 44.9 Å². The Labute approximate surface area is 235 Å². The van der Waals surface area contributed by atoms with Gasteiger partial charge in [0.15, 0.2) is 11.5 Å². The molecular formula is C29H27FN8O2S. The van der Waals surface area contributed by atoms with E-state index in [1.165, 1.54) is 12.1 Å². The summed E-state index contributed by atoms with van der Waals surface area (Å²) in [6.07, 6.45) is 6.52. The Kier molecular flexibility index (Phi) is 6.70. The monoisotopic (exact) mass is 570 g/mol. The van der Waals surface area contributed by atoms with Crippen molar-refractivity contribution in [1.82, 2.24) is 35.1 Å². The van der Waals surface area contributed by atoms with Crippen LogP contribution in [0.4, 0.5) is 10.1 Å². The summed E-state index contributed by atoms with van der Waals surface area (Å²) in [6.45, 7) is 4.13. The van der Waals surface area contributed by atoms with Crippen molar-refractivity contribution in [2.24, 2.45) is 0 Å². The molecule has 5 aromatic heterocycles. The van der Waals surface area contributed by atoms with Gasteiger partial charge in [0.2, 0.25) is 0 Å². The molecule has 1 aromatic carbocycles. The molecule has 208 valence electrons. The summed E-state index contributed by atoms with van der Waals surface area (Å²) in [5.41, 5.74) is 7.17. The molecule has 0 aliphatic heterocycles. The number of halogens is 1. The largest absolute Gasteiger partial charge is 0.382 e. The second-order valence-electron chi connectivity index (χ2n) is 10.3. The van der Waals surface area contributed by atoms with Crippen LogP contribution in [0.1, 0.15) is 19.4 Å². The summed E-state index contributed by atoms with van der Waals surface area (Å²) in [5, 5.41) is 10.9. The SMILES string of the molecule is CC(C)Nc1cncc(-c2ccc3[nH]nc(-c4nc5c(-c6cc(F)cc(CCS(C)(=O)=O)c6)nccc5[nH]4)c3n2)c1. The number of anilines is 1. The highest BCUT2D eigenvalue weighted by Gasteiger charge is 2.18. The zero-order valence-corrected chi connectivity index (χ0v) is 23.4. The average molecular weight is 571 g/mol. The lowest BCUT2D eigenvalue weighted by Gasteiger charge is -2.10. The van der Waals surface area contributed by atoms with E-state index in [4.69, 9.17) is 9.97 Å². The van der Waals surface area contributed by atoms with Crippen LogP contribution in [0.3, 0.4) is 0 Å². The summed E-state index contributed by atoms with van der Waals surface area (Å²) >= 11 is 0. The molecule has 0 fully saturated rings. The standard InChI is InChI=1S/C29H27FN8O2S/c1-16(2)33-21-13-19(14-31-15-21)22-4-5-24-27(34-22)28(38-37-24)29-35-23-6-8-32-25(26(23)36-29)18-10-17(11-20(30)12-18)7-9-41(3,39)40/h4-6,8,10-16,33H,7,9H2,1-3H3,(H,35,36)(H,37,38). The van der Waals surface area contributed by atoms with Crippen molar-refractivity contribution in [1.29, 1.82) is 0 Å². The predicted octanol–water partition coefficient (Wildman–Crippen LogP) is 5.17. The first-order valence-corrected chi connectivity index (χ1v) is 15.1. The molecule has 6 rings (SSSR count). The molecule has 0 saturated heterocycles. The number of pyridine rings is 3. The summed E-state index contributed by atoms with van der Waals surface area (Å²) in [5.74, 6) is -0.0689. The maximum absolute atomic E-state index is 14.6. The second kappa shape index (κ2) is 10.4. The summed E-state index contributed by atoms with van der Waals surface area (Å²) in [4.78, 5) is 21.8. The number of nitrogens with one attached hydrogen (secondary N) is 3. The number of nitrogens with zero attached hydrogens (tertiary/aromatic N) is 5. The van der Waals surface area contributed by atoms with Crippen molar-refractivity contribution in [3.05, 3.63) is 72.4 Å². The van der Waals surface area contributed by atoms with E-state index in [9.17, 15) is 12.8 Å². The van der Waals surface area contributed by atoms with Crippen molar-refractivity contribution in [3.8, 4) is 34.0 Å². The number of aryl methyl sites for hydroxylation is 1. The van der Waals surface area contributed by atoms with Crippen LogP contribution in [0.5, 0.6) is 0 Å². The van der Waals surface area contributed by atoms with Crippen molar-refractivity contribution in [2.75, 3.05) is 17.3 Å². The molecule has 6 aromatic rings. The van der Waals surface area contributed by atoms with Crippen molar-refractivity contribution >= 4 is 37.6 Å². The molecule has 0 aliphatic rings. The van der Waals surface area contributed by atoms with Gasteiger partial charge in [-0.1, -0.05) is 0 Å². The number of aromatic nitrogens is 7. The molecule has 0 aliphatic carbocycles. The zero-order chi connectivity index (χ0) is 28.7. The first kappa shape index (κ1) is 26.5. The van der Waals surface area contributed by atoms with E-state index in [1.54, 1.807) is 30.7 Å². The van der Waals surface area contributed by atoms with Gasteiger partial charge in [-0.25, -0.2) is 22.8 Å². The summed E-state index contributed by atoms with van der Waals surface area (Å²) in [6, 6.07) is 12.3. The number of benzene rings is 1. The fourth-order valence-electron chi connectivity index (χ4n) is 4.71.